The molecular formula is C23H20ClN5O5. The van der Waals surface area contributed by atoms with Gasteiger partial charge in [-0.3, -0.25) is 29.4 Å². The molecule has 2 heterocycles. The maximum absolute atomic E-state index is 12.7. The van der Waals surface area contributed by atoms with Crippen molar-refractivity contribution in [1.29, 1.82) is 0 Å². The fraction of sp³-hybridized carbons (Fsp3) is 0.174. The summed E-state index contributed by atoms with van der Waals surface area (Å²) in [4.78, 5) is 61.5. The van der Waals surface area contributed by atoms with Gasteiger partial charge in [0.15, 0.2) is 0 Å². The normalized spacial score (nSPS) is 17.9. The first kappa shape index (κ1) is 23.0. The minimum Gasteiger partial charge on any atom is -0.351 e. The molecule has 2 aliphatic rings. The first-order chi connectivity index (χ1) is 16.2. The molecule has 0 bridgehead atoms. The van der Waals surface area contributed by atoms with Crippen LogP contribution < -0.4 is 21.3 Å². The number of carbonyl (C=O) groups is 5. The number of hydrogen-bond donors (Lipinski definition) is 4. The van der Waals surface area contributed by atoms with E-state index in [1.165, 1.54) is 0 Å². The number of nitrogens with one attached hydrogen (secondary N) is 4. The molecule has 1 fully saturated rings. The number of anilines is 3. The topological polar surface area (TPSA) is 137 Å². The van der Waals surface area contributed by atoms with E-state index in [0.717, 1.165) is 16.5 Å². The number of imide groups is 2. The summed E-state index contributed by atoms with van der Waals surface area (Å²) in [5, 5.41) is 10.9. The van der Waals surface area contributed by atoms with Crippen LogP contribution in [0.25, 0.3) is 0 Å². The fourth-order valence-electron chi connectivity index (χ4n) is 3.55. The number of benzene rings is 2. The van der Waals surface area contributed by atoms with E-state index in [0.29, 0.717) is 22.1 Å². The molecule has 10 nitrogen and oxygen atoms in total. The van der Waals surface area contributed by atoms with Crippen LogP contribution in [0.2, 0.25) is 5.02 Å². The van der Waals surface area contributed by atoms with Gasteiger partial charge in [-0.1, -0.05) is 17.7 Å². The predicted molar refractivity (Wildman–Crippen MR) is 125 cm³/mol. The Morgan fingerprint density at radius 1 is 1.00 bits per heavy atom. The van der Waals surface area contributed by atoms with E-state index in [-0.39, 0.29) is 18.5 Å². The number of urea groups is 1. The molecular weight excluding hydrogens is 462 g/mol. The first-order valence-corrected chi connectivity index (χ1v) is 10.7. The predicted octanol–water partition coefficient (Wildman–Crippen LogP) is 2.76. The second-order valence-corrected chi connectivity index (χ2v) is 8.19. The highest BCUT2D eigenvalue weighted by Gasteiger charge is 2.42. The average Bonchev–Trinajstić information content (AvgIpc) is 3.05. The van der Waals surface area contributed by atoms with Crippen molar-refractivity contribution in [1.82, 2.24) is 10.2 Å². The van der Waals surface area contributed by atoms with Gasteiger partial charge >= 0.3 is 6.03 Å². The average molecular weight is 482 g/mol. The van der Waals surface area contributed by atoms with Crippen molar-refractivity contribution in [2.45, 2.75) is 25.8 Å². The Bertz CT molecular complexity index is 1240. The largest absolute Gasteiger partial charge is 0.351 e. The summed E-state index contributed by atoms with van der Waals surface area (Å²) in [6.07, 6.45) is 1.24. The molecule has 34 heavy (non-hydrogen) atoms. The van der Waals surface area contributed by atoms with Gasteiger partial charge in [0.1, 0.15) is 11.7 Å². The second kappa shape index (κ2) is 9.36. The zero-order valence-electron chi connectivity index (χ0n) is 18.0. The number of rotatable bonds is 5. The third-order valence-corrected chi connectivity index (χ3v) is 5.73. The standard InChI is InChI=1S/C23H20ClN5O5/c1-12-2-3-15(10-16(12)24)27-23(34)26-14-6-4-13(5-7-14)25-17-11-20(31)29(22(17)33)18-8-9-19(30)28-21(18)32/h2-7,10-11,18,25H,8-9H2,1H3,(H2,26,27,34)(H,28,30,32). The monoisotopic (exact) mass is 481 g/mol. The van der Waals surface area contributed by atoms with Crippen molar-refractivity contribution in [3.8, 4) is 0 Å². The highest BCUT2D eigenvalue weighted by molar-refractivity contribution is 6.31. The summed E-state index contributed by atoms with van der Waals surface area (Å²) in [5.74, 6) is -2.39. The van der Waals surface area contributed by atoms with Gasteiger partial charge < -0.3 is 16.0 Å². The molecule has 0 radical (unpaired) electrons. The molecule has 0 spiro atoms. The zero-order chi connectivity index (χ0) is 24.4. The molecule has 4 rings (SSSR count). The Kier molecular flexibility index (Phi) is 6.33. The number of amides is 6. The van der Waals surface area contributed by atoms with Crippen LogP contribution in [0.3, 0.4) is 0 Å². The van der Waals surface area contributed by atoms with E-state index in [1.54, 1.807) is 42.5 Å². The van der Waals surface area contributed by atoms with Crippen molar-refractivity contribution in [3.63, 3.8) is 0 Å². The van der Waals surface area contributed by atoms with E-state index in [2.05, 4.69) is 21.3 Å². The van der Waals surface area contributed by atoms with Crippen LogP contribution >= 0.6 is 11.6 Å². The second-order valence-electron chi connectivity index (χ2n) is 7.78. The van der Waals surface area contributed by atoms with Crippen molar-refractivity contribution in [2.24, 2.45) is 0 Å². The van der Waals surface area contributed by atoms with Gasteiger partial charge in [-0.15, -0.1) is 0 Å². The number of halogens is 1. The van der Waals surface area contributed by atoms with E-state index in [1.807, 2.05) is 6.92 Å². The highest BCUT2D eigenvalue weighted by atomic mass is 35.5. The molecule has 11 heteroatoms. The molecule has 4 N–H and O–H groups in total. The number of carbonyl (C=O) groups excluding carboxylic acids is 5. The number of aryl methyl sites for hydroxylation is 1. The van der Waals surface area contributed by atoms with Crippen LogP contribution in [0.5, 0.6) is 0 Å². The van der Waals surface area contributed by atoms with E-state index < -0.39 is 35.7 Å². The third-order valence-electron chi connectivity index (χ3n) is 5.33. The van der Waals surface area contributed by atoms with E-state index in [9.17, 15) is 24.0 Å². The van der Waals surface area contributed by atoms with Crippen molar-refractivity contribution in [3.05, 3.63) is 64.8 Å². The van der Waals surface area contributed by atoms with E-state index >= 15 is 0 Å². The lowest BCUT2D eigenvalue weighted by atomic mass is 10.0. The SMILES string of the molecule is Cc1ccc(NC(=O)Nc2ccc(NC3=CC(=O)N(C4CCC(=O)NC4=O)C3=O)cc2)cc1Cl. The molecule has 0 aliphatic carbocycles. The first-order valence-electron chi connectivity index (χ1n) is 10.4. The summed E-state index contributed by atoms with van der Waals surface area (Å²) in [5.41, 5.74) is 2.43. The summed E-state index contributed by atoms with van der Waals surface area (Å²) in [6.45, 7) is 1.86. The van der Waals surface area contributed by atoms with Crippen molar-refractivity contribution >= 4 is 58.3 Å². The van der Waals surface area contributed by atoms with Crippen LogP contribution in [0, 0.1) is 6.92 Å². The maximum atomic E-state index is 12.7. The van der Waals surface area contributed by atoms with Crippen LogP contribution in [0.15, 0.2) is 54.2 Å². The maximum Gasteiger partial charge on any atom is 0.323 e. The number of hydrogen-bond acceptors (Lipinski definition) is 6. The quantitative estimate of drug-likeness (QED) is 0.485. The van der Waals surface area contributed by atoms with Gasteiger partial charge in [-0.2, -0.15) is 0 Å². The molecule has 1 atom stereocenters. The molecule has 1 saturated heterocycles. The lowest BCUT2D eigenvalue weighted by Gasteiger charge is -2.28. The number of piperidine rings is 1. The van der Waals surface area contributed by atoms with Crippen LogP contribution in [-0.2, 0) is 19.2 Å². The van der Waals surface area contributed by atoms with Crippen molar-refractivity contribution in [2.75, 3.05) is 16.0 Å². The summed E-state index contributed by atoms with van der Waals surface area (Å²) >= 11 is 6.07. The Balaban J connectivity index is 1.35. The molecule has 1 unspecified atom stereocenters. The minimum atomic E-state index is -1.03. The lowest BCUT2D eigenvalue weighted by molar-refractivity contribution is -0.149. The Morgan fingerprint density at radius 2 is 1.65 bits per heavy atom. The molecule has 6 amide bonds. The fourth-order valence-corrected chi connectivity index (χ4v) is 3.73. The Morgan fingerprint density at radius 3 is 2.32 bits per heavy atom. The smallest absolute Gasteiger partial charge is 0.323 e. The third kappa shape index (κ3) is 4.91. The van der Waals surface area contributed by atoms with Crippen LogP contribution in [-0.4, -0.2) is 40.6 Å². The van der Waals surface area contributed by atoms with Gasteiger partial charge in [0.2, 0.25) is 11.8 Å². The zero-order valence-corrected chi connectivity index (χ0v) is 18.7. The van der Waals surface area contributed by atoms with Gasteiger partial charge in [0.25, 0.3) is 11.8 Å². The molecule has 0 aromatic heterocycles. The Hall–Kier alpha value is -4.18. The summed E-state index contributed by atoms with van der Waals surface area (Å²) in [6, 6.07) is 10.2. The summed E-state index contributed by atoms with van der Waals surface area (Å²) in [7, 11) is 0. The summed E-state index contributed by atoms with van der Waals surface area (Å²) < 4.78 is 0. The molecule has 2 aliphatic heterocycles. The van der Waals surface area contributed by atoms with Gasteiger partial charge in [-0.05, 0) is 55.3 Å². The van der Waals surface area contributed by atoms with Crippen molar-refractivity contribution < 1.29 is 24.0 Å². The van der Waals surface area contributed by atoms with Gasteiger partial charge in [-0.25, -0.2) is 4.79 Å². The van der Waals surface area contributed by atoms with Gasteiger partial charge in [0, 0.05) is 34.6 Å². The van der Waals surface area contributed by atoms with E-state index in [4.69, 9.17) is 11.6 Å². The number of nitrogens with zero attached hydrogens (tertiary/aromatic N) is 1. The molecule has 174 valence electrons. The molecule has 2 aromatic rings. The molecule has 0 saturated carbocycles. The minimum absolute atomic E-state index is 0.00408. The molecule has 2 aromatic carbocycles. The highest BCUT2D eigenvalue weighted by Crippen LogP contribution is 2.24. The van der Waals surface area contributed by atoms with Crippen LogP contribution in [0.4, 0.5) is 21.9 Å². The Labute approximate surface area is 199 Å². The van der Waals surface area contributed by atoms with Crippen LogP contribution in [0.1, 0.15) is 18.4 Å². The lowest BCUT2D eigenvalue weighted by Crippen LogP contribution is -2.54. The van der Waals surface area contributed by atoms with Gasteiger partial charge in [0.05, 0.1) is 0 Å².